The molecule has 5 nitrogen and oxygen atoms in total. The summed E-state index contributed by atoms with van der Waals surface area (Å²) in [6, 6.07) is 11.6. The summed E-state index contributed by atoms with van der Waals surface area (Å²) in [5, 5.41) is 12.2. The second-order valence-corrected chi connectivity index (χ2v) is 7.39. The fourth-order valence-corrected chi connectivity index (χ4v) is 3.71. The summed E-state index contributed by atoms with van der Waals surface area (Å²) in [5.41, 5.74) is 4.65. The Morgan fingerprint density at radius 2 is 2.14 bits per heavy atom. The smallest absolute Gasteiger partial charge is 0.251 e. The summed E-state index contributed by atoms with van der Waals surface area (Å²) < 4.78 is 0. The number of rotatable bonds is 6. The number of aromatic nitrogens is 1. The second-order valence-electron chi connectivity index (χ2n) is 7.39. The standard InChI is InChI=1S/C23H26N4O/c1-4-10-27-11-9-18(15-27)14-25-23(28)20-7-5-19(6-8-20)22-12-16(2)21(13-24)17(3)26-22/h4-8,12,18H,1,9-11,14-15H2,2-3H3,(H,25,28)/t18-/m0/s1. The van der Waals surface area contributed by atoms with Crippen molar-refractivity contribution < 1.29 is 4.79 Å². The van der Waals surface area contributed by atoms with Crippen molar-refractivity contribution >= 4 is 5.91 Å². The number of amides is 1. The van der Waals surface area contributed by atoms with Crippen LogP contribution in [0.2, 0.25) is 0 Å². The highest BCUT2D eigenvalue weighted by atomic mass is 16.1. The highest BCUT2D eigenvalue weighted by molar-refractivity contribution is 5.94. The SMILES string of the molecule is C=CCN1CC[C@@H](CNC(=O)c2ccc(-c3cc(C)c(C#N)c(C)n3)cc2)C1. The number of benzene rings is 1. The lowest BCUT2D eigenvalue weighted by molar-refractivity contribution is 0.0947. The maximum atomic E-state index is 12.5. The first-order valence-corrected chi connectivity index (χ1v) is 9.62. The molecule has 0 saturated carbocycles. The molecule has 0 unspecified atom stereocenters. The number of nitriles is 1. The molecule has 0 radical (unpaired) electrons. The van der Waals surface area contributed by atoms with E-state index in [1.54, 1.807) is 0 Å². The van der Waals surface area contributed by atoms with E-state index in [1.807, 2.05) is 50.3 Å². The maximum absolute atomic E-state index is 12.5. The minimum Gasteiger partial charge on any atom is -0.352 e. The van der Waals surface area contributed by atoms with Crippen LogP contribution in [-0.2, 0) is 0 Å². The van der Waals surface area contributed by atoms with Gasteiger partial charge in [0.1, 0.15) is 6.07 Å². The summed E-state index contributed by atoms with van der Waals surface area (Å²) in [6.07, 6.45) is 3.03. The Balaban J connectivity index is 1.62. The predicted octanol–water partition coefficient (Wildman–Crippen LogP) is 3.47. The fourth-order valence-electron chi connectivity index (χ4n) is 3.71. The number of carbonyl (C=O) groups is 1. The number of hydrogen-bond donors (Lipinski definition) is 1. The molecule has 144 valence electrons. The van der Waals surface area contributed by atoms with Gasteiger partial charge in [-0.2, -0.15) is 5.26 Å². The van der Waals surface area contributed by atoms with Gasteiger partial charge < -0.3 is 5.32 Å². The van der Waals surface area contributed by atoms with Gasteiger partial charge in [-0.25, -0.2) is 0 Å². The van der Waals surface area contributed by atoms with Crippen LogP contribution in [0, 0.1) is 31.1 Å². The number of nitrogens with one attached hydrogen (secondary N) is 1. The van der Waals surface area contributed by atoms with Crippen molar-refractivity contribution in [2.45, 2.75) is 20.3 Å². The maximum Gasteiger partial charge on any atom is 0.251 e. The van der Waals surface area contributed by atoms with E-state index >= 15 is 0 Å². The van der Waals surface area contributed by atoms with Gasteiger partial charge >= 0.3 is 0 Å². The predicted molar refractivity (Wildman–Crippen MR) is 111 cm³/mol. The zero-order valence-corrected chi connectivity index (χ0v) is 16.5. The van der Waals surface area contributed by atoms with E-state index in [1.165, 1.54) is 0 Å². The van der Waals surface area contributed by atoms with Gasteiger partial charge in [-0.15, -0.1) is 6.58 Å². The van der Waals surface area contributed by atoms with Crippen LogP contribution in [0.3, 0.4) is 0 Å². The number of pyridine rings is 1. The molecule has 1 atom stereocenters. The van der Waals surface area contributed by atoms with Crippen molar-refractivity contribution in [2.75, 3.05) is 26.2 Å². The van der Waals surface area contributed by atoms with Crippen LogP contribution in [0.5, 0.6) is 0 Å². The molecule has 3 rings (SSSR count). The van der Waals surface area contributed by atoms with Crippen LogP contribution in [0.15, 0.2) is 43.0 Å². The van der Waals surface area contributed by atoms with Gasteiger partial charge in [0.15, 0.2) is 0 Å². The van der Waals surface area contributed by atoms with Gasteiger partial charge in [-0.1, -0.05) is 18.2 Å². The summed E-state index contributed by atoms with van der Waals surface area (Å²) in [7, 11) is 0. The lowest BCUT2D eigenvalue weighted by atomic mass is 10.0. The van der Waals surface area contributed by atoms with E-state index in [-0.39, 0.29) is 5.91 Å². The molecule has 28 heavy (non-hydrogen) atoms. The van der Waals surface area contributed by atoms with Crippen LogP contribution in [-0.4, -0.2) is 42.0 Å². The van der Waals surface area contributed by atoms with E-state index in [9.17, 15) is 10.1 Å². The number of carbonyl (C=O) groups excluding carboxylic acids is 1. The van der Waals surface area contributed by atoms with Gasteiger partial charge in [0, 0.05) is 30.8 Å². The van der Waals surface area contributed by atoms with Crippen molar-refractivity contribution in [3.63, 3.8) is 0 Å². The molecular formula is C23H26N4O. The monoisotopic (exact) mass is 374 g/mol. The molecule has 0 spiro atoms. The molecule has 1 aliphatic heterocycles. The molecule has 2 aromatic rings. The third-order valence-corrected chi connectivity index (χ3v) is 5.26. The first-order chi connectivity index (χ1) is 13.5. The van der Waals surface area contributed by atoms with E-state index in [2.05, 4.69) is 27.8 Å². The van der Waals surface area contributed by atoms with Crippen molar-refractivity contribution in [3.8, 4) is 17.3 Å². The van der Waals surface area contributed by atoms with Crippen LogP contribution in [0.1, 0.15) is 33.6 Å². The molecule has 0 aliphatic carbocycles. The first kappa shape index (κ1) is 19.8. The molecule has 1 aromatic carbocycles. The average molecular weight is 374 g/mol. The summed E-state index contributed by atoms with van der Waals surface area (Å²) in [5.74, 6) is 0.450. The Morgan fingerprint density at radius 3 is 2.79 bits per heavy atom. The van der Waals surface area contributed by atoms with E-state index in [4.69, 9.17) is 0 Å². The molecule has 5 heteroatoms. The number of likely N-dealkylation sites (tertiary alicyclic amines) is 1. The molecular weight excluding hydrogens is 348 g/mol. The van der Waals surface area contributed by atoms with E-state index in [0.29, 0.717) is 23.6 Å². The van der Waals surface area contributed by atoms with E-state index in [0.717, 1.165) is 48.6 Å². The lowest BCUT2D eigenvalue weighted by Gasteiger charge is -2.14. The first-order valence-electron chi connectivity index (χ1n) is 9.62. The minimum atomic E-state index is -0.0473. The van der Waals surface area contributed by atoms with Gasteiger partial charge in [-0.05, 0) is 56.5 Å². The average Bonchev–Trinajstić information content (AvgIpc) is 3.14. The molecule has 1 N–H and O–H groups in total. The Labute approximate surface area is 166 Å². The van der Waals surface area contributed by atoms with Crippen molar-refractivity contribution in [1.82, 2.24) is 15.2 Å². The largest absolute Gasteiger partial charge is 0.352 e. The Bertz CT molecular complexity index is 888. The molecule has 1 fully saturated rings. The zero-order chi connectivity index (χ0) is 20.1. The molecule has 1 saturated heterocycles. The number of nitrogens with zero attached hydrogens (tertiary/aromatic N) is 3. The highest BCUT2D eigenvalue weighted by Gasteiger charge is 2.22. The fraction of sp³-hybridized carbons (Fsp3) is 0.348. The summed E-state index contributed by atoms with van der Waals surface area (Å²) in [6.45, 7) is 11.2. The molecule has 0 bridgehead atoms. The minimum absolute atomic E-state index is 0.0473. The van der Waals surface area contributed by atoms with Gasteiger partial charge in [-0.3, -0.25) is 14.7 Å². The quantitative estimate of drug-likeness (QED) is 0.786. The molecule has 1 aliphatic rings. The van der Waals surface area contributed by atoms with Crippen molar-refractivity contribution in [2.24, 2.45) is 5.92 Å². The summed E-state index contributed by atoms with van der Waals surface area (Å²) >= 11 is 0. The number of aryl methyl sites for hydroxylation is 2. The third kappa shape index (κ3) is 4.47. The van der Waals surface area contributed by atoms with Crippen LogP contribution in [0.4, 0.5) is 0 Å². The summed E-state index contributed by atoms with van der Waals surface area (Å²) in [4.78, 5) is 19.3. The third-order valence-electron chi connectivity index (χ3n) is 5.26. The molecule has 1 amide bonds. The zero-order valence-electron chi connectivity index (χ0n) is 16.5. The topological polar surface area (TPSA) is 69.0 Å². The van der Waals surface area contributed by atoms with Crippen LogP contribution >= 0.6 is 0 Å². The van der Waals surface area contributed by atoms with Gasteiger partial charge in [0.25, 0.3) is 5.91 Å². The van der Waals surface area contributed by atoms with Gasteiger partial charge in [0.2, 0.25) is 0 Å². The number of hydrogen-bond acceptors (Lipinski definition) is 4. The second kappa shape index (κ2) is 8.81. The Morgan fingerprint density at radius 1 is 1.39 bits per heavy atom. The lowest BCUT2D eigenvalue weighted by Crippen LogP contribution is -2.31. The van der Waals surface area contributed by atoms with Gasteiger partial charge in [0.05, 0.1) is 17.0 Å². The van der Waals surface area contributed by atoms with E-state index < -0.39 is 0 Å². The van der Waals surface area contributed by atoms with Crippen LogP contribution < -0.4 is 5.32 Å². The van der Waals surface area contributed by atoms with Crippen LogP contribution in [0.25, 0.3) is 11.3 Å². The van der Waals surface area contributed by atoms with Crippen molar-refractivity contribution in [3.05, 3.63) is 65.4 Å². The molecule has 1 aromatic heterocycles. The Hall–Kier alpha value is -2.97. The normalized spacial score (nSPS) is 16.5. The Kier molecular flexibility index (Phi) is 6.23. The van der Waals surface area contributed by atoms with Crippen molar-refractivity contribution in [1.29, 1.82) is 5.26 Å². The molecule has 2 heterocycles. The highest BCUT2D eigenvalue weighted by Crippen LogP contribution is 2.22.